The van der Waals surface area contributed by atoms with E-state index in [0.29, 0.717) is 42.8 Å². The number of halogens is 6. The van der Waals surface area contributed by atoms with E-state index in [0.717, 1.165) is 38.6 Å². The summed E-state index contributed by atoms with van der Waals surface area (Å²) in [6.07, 6.45) is 0.841. The monoisotopic (exact) mass is 679 g/mol. The van der Waals surface area contributed by atoms with E-state index in [1.165, 1.54) is 12.1 Å². The van der Waals surface area contributed by atoms with Gasteiger partial charge in [0.2, 0.25) is 0 Å². The molecule has 4 fully saturated rings. The van der Waals surface area contributed by atoms with Gasteiger partial charge in [-0.3, -0.25) is 4.90 Å². The highest BCUT2D eigenvalue weighted by molar-refractivity contribution is 6.37. The van der Waals surface area contributed by atoms with Crippen LogP contribution in [0.5, 0.6) is 11.8 Å². The molecule has 5 heterocycles. The Labute approximate surface area is 274 Å². The first-order valence-electron chi connectivity index (χ1n) is 16.2. The molecule has 0 unspecified atom stereocenters. The summed E-state index contributed by atoms with van der Waals surface area (Å²) >= 11 is 13.6. The van der Waals surface area contributed by atoms with Crippen LogP contribution in [0.4, 0.5) is 23.4 Å². The van der Waals surface area contributed by atoms with Crippen molar-refractivity contribution in [3.8, 4) is 22.9 Å². The number of fused-ring (bicyclic) bond motifs is 3. The molecule has 1 N–H and O–H groups in total. The van der Waals surface area contributed by atoms with Crippen molar-refractivity contribution in [2.75, 3.05) is 44.3 Å². The number of anilines is 1. The van der Waals surface area contributed by atoms with Crippen LogP contribution in [0, 0.1) is 5.82 Å². The first-order valence-corrected chi connectivity index (χ1v) is 16.9. The van der Waals surface area contributed by atoms with E-state index in [-0.39, 0.29) is 75.2 Å². The van der Waals surface area contributed by atoms with Gasteiger partial charge in [0.15, 0.2) is 11.6 Å². The minimum atomic E-state index is -2.82. The summed E-state index contributed by atoms with van der Waals surface area (Å²) in [6, 6.07) is 2.52. The molecular formula is C33H35Cl2F4N5O2. The minimum absolute atomic E-state index is 0.00526. The first kappa shape index (κ1) is 30.7. The van der Waals surface area contributed by atoms with E-state index in [1.807, 2.05) is 0 Å². The lowest BCUT2D eigenvalue weighted by Gasteiger charge is -2.39. The molecular weight excluding hydrogens is 645 g/mol. The third-order valence-electron chi connectivity index (χ3n) is 10.5. The molecule has 0 radical (unpaired) electrons. The van der Waals surface area contributed by atoms with Crippen LogP contribution in [0.1, 0.15) is 68.9 Å². The lowest BCUT2D eigenvalue weighted by molar-refractivity contribution is 0.107. The Kier molecular flexibility index (Phi) is 7.70. The number of rotatable bonds is 7. The van der Waals surface area contributed by atoms with Gasteiger partial charge in [-0.1, -0.05) is 30.1 Å². The standard InChI is InChI=1S/C33H35Cl2F4N5O2/c1-2-19-13-44-20(11-40-19)14-45-29-25-28(41-32(42-31(25)44)46-15-33-6-3-7-43(33)12-18(36)10-33)27(37)24(26(29)35)21-8-17(30(38)39)9-22(34)23(21)16-4-5-16/h8-9,16,18-20,30,40H,2-7,10-15H2,1H3/t18-,19-,20+,33+/m1/s1. The number of nitrogens with one attached hydrogen (secondary N) is 1. The molecule has 5 aliphatic rings. The predicted molar refractivity (Wildman–Crippen MR) is 169 cm³/mol. The van der Waals surface area contributed by atoms with Crippen molar-refractivity contribution in [2.45, 2.75) is 81.6 Å². The lowest BCUT2D eigenvalue weighted by atomic mass is 9.92. The first-order chi connectivity index (χ1) is 22.2. The van der Waals surface area contributed by atoms with Gasteiger partial charge in [-0.15, -0.1) is 0 Å². The number of nitrogens with zero attached hydrogens (tertiary/aromatic N) is 4. The zero-order chi connectivity index (χ0) is 31.9. The number of hydrogen-bond donors (Lipinski definition) is 1. The van der Waals surface area contributed by atoms with Gasteiger partial charge in [-0.25, -0.2) is 17.6 Å². The van der Waals surface area contributed by atoms with Crippen LogP contribution in [0.15, 0.2) is 12.1 Å². The second-order valence-corrected chi connectivity index (χ2v) is 14.2. The van der Waals surface area contributed by atoms with Crippen molar-refractivity contribution in [1.82, 2.24) is 20.2 Å². The van der Waals surface area contributed by atoms with E-state index >= 15 is 4.39 Å². The van der Waals surface area contributed by atoms with Crippen molar-refractivity contribution in [3.63, 3.8) is 0 Å². The molecule has 1 aliphatic carbocycles. The minimum Gasteiger partial charge on any atom is -0.489 e. The molecule has 0 amide bonds. The maximum Gasteiger partial charge on any atom is 0.319 e. The summed E-state index contributed by atoms with van der Waals surface area (Å²) in [6.45, 7) is 4.87. The lowest BCUT2D eigenvalue weighted by Crippen LogP contribution is -2.58. The number of benzene rings is 2. The molecule has 46 heavy (non-hydrogen) atoms. The van der Waals surface area contributed by atoms with E-state index < -0.39 is 24.0 Å². The van der Waals surface area contributed by atoms with Crippen molar-refractivity contribution < 1.29 is 27.0 Å². The summed E-state index contributed by atoms with van der Waals surface area (Å²) in [5, 5.41) is 3.98. The van der Waals surface area contributed by atoms with Gasteiger partial charge >= 0.3 is 6.01 Å². The maximum absolute atomic E-state index is 17.1. The van der Waals surface area contributed by atoms with Gasteiger partial charge in [-0.2, -0.15) is 9.97 Å². The number of ether oxygens (including phenoxy) is 2. The molecule has 3 saturated heterocycles. The fourth-order valence-electron chi connectivity index (χ4n) is 8.01. The van der Waals surface area contributed by atoms with E-state index in [2.05, 4.69) is 27.0 Å². The highest BCUT2D eigenvalue weighted by Gasteiger charge is 2.49. The Morgan fingerprint density at radius 1 is 1.20 bits per heavy atom. The Bertz CT molecular complexity index is 1710. The Hall–Kier alpha value is -2.60. The number of hydrogen-bond acceptors (Lipinski definition) is 7. The topological polar surface area (TPSA) is 62.8 Å². The zero-order valence-electron chi connectivity index (χ0n) is 25.4. The third kappa shape index (κ3) is 4.99. The Morgan fingerprint density at radius 3 is 2.78 bits per heavy atom. The highest BCUT2D eigenvalue weighted by Crippen LogP contribution is 2.54. The summed E-state index contributed by atoms with van der Waals surface area (Å²) < 4.78 is 72.4. The summed E-state index contributed by atoms with van der Waals surface area (Å²) in [7, 11) is 0. The van der Waals surface area contributed by atoms with Crippen molar-refractivity contribution in [3.05, 3.63) is 39.1 Å². The normalized spacial score (nSPS) is 27.6. The van der Waals surface area contributed by atoms with E-state index in [1.54, 1.807) is 0 Å². The molecule has 8 rings (SSSR count). The number of piperazine rings is 1. The van der Waals surface area contributed by atoms with Crippen molar-refractivity contribution in [2.24, 2.45) is 0 Å². The molecule has 1 saturated carbocycles. The van der Waals surface area contributed by atoms with Crippen LogP contribution >= 0.6 is 23.2 Å². The maximum atomic E-state index is 17.1. The highest BCUT2D eigenvalue weighted by atomic mass is 35.5. The van der Waals surface area contributed by atoms with Gasteiger partial charge < -0.3 is 19.7 Å². The summed E-state index contributed by atoms with van der Waals surface area (Å²) in [5.74, 6) is -0.127. The predicted octanol–water partition coefficient (Wildman–Crippen LogP) is 7.46. The number of aromatic nitrogens is 2. The van der Waals surface area contributed by atoms with E-state index in [4.69, 9.17) is 37.7 Å². The SMILES string of the molecule is CC[C@@H]1CN2c3nc(OC[C@@]45CCCN4C[C@H](F)C5)nc4c(F)c(-c5cc(C(F)F)cc(Cl)c5C5CC5)c(Cl)c(c34)OC[C@@H]2CN1. The van der Waals surface area contributed by atoms with Crippen LogP contribution in [0.25, 0.3) is 22.0 Å². The smallest absolute Gasteiger partial charge is 0.319 e. The molecule has 7 nitrogen and oxygen atoms in total. The quantitative estimate of drug-likeness (QED) is 0.260. The Morgan fingerprint density at radius 2 is 2.02 bits per heavy atom. The van der Waals surface area contributed by atoms with Gasteiger partial charge in [0.25, 0.3) is 6.43 Å². The second kappa shape index (κ2) is 11.5. The van der Waals surface area contributed by atoms with Gasteiger partial charge in [0.1, 0.15) is 30.7 Å². The molecule has 3 aromatic rings. The molecule has 246 valence electrons. The fourth-order valence-corrected chi connectivity index (χ4v) is 8.73. The molecule has 2 aromatic carbocycles. The average molecular weight is 681 g/mol. The van der Waals surface area contributed by atoms with Crippen LogP contribution in [-0.2, 0) is 0 Å². The van der Waals surface area contributed by atoms with Crippen molar-refractivity contribution in [1.29, 1.82) is 0 Å². The van der Waals surface area contributed by atoms with Crippen LogP contribution in [-0.4, -0.2) is 78.1 Å². The zero-order valence-corrected chi connectivity index (χ0v) is 26.9. The van der Waals surface area contributed by atoms with Crippen LogP contribution < -0.4 is 19.7 Å². The molecule has 0 spiro atoms. The molecule has 13 heteroatoms. The largest absolute Gasteiger partial charge is 0.489 e. The van der Waals surface area contributed by atoms with Gasteiger partial charge in [0, 0.05) is 48.2 Å². The third-order valence-corrected chi connectivity index (χ3v) is 11.2. The van der Waals surface area contributed by atoms with Crippen LogP contribution in [0.2, 0.25) is 10.0 Å². The molecule has 0 bridgehead atoms. The van der Waals surface area contributed by atoms with Gasteiger partial charge in [0.05, 0.1) is 22.0 Å². The van der Waals surface area contributed by atoms with E-state index in [9.17, 15) is 13.2 Å². The Balaban J connectivity index is 1.32. The van der Waals surface area contributed by atoms with Crippen LogP contribution in [0.3, 0.4) is 0 Å². The number of alkyl halides is 3. The average Bonchev–Trinajstić information content (AvgIpc) is 3.75. The fraction of sp³-hybridized carbons (Fsp3) is 0.576. The molecule has 4 atom stereocenters. The molecule has 1 aromatic heterocycles. The second-order valence-electron chi connectivity index (χ2n) is 13.4. The van der Waals surface area contributed by atoms with Gasteiger partial charge in [-0.05, 0) is 67.8 Å². The molecule has 4 aliphatic heterocycles. The summed E-state index contributed by atoms with van der Waals surface area (Å²) in [4.78, 5) is 13.7. The van der Waals surface area contributed by atoms with Crippen molar-refractivity contribution >= 4 is 39.9 Å². The summed E-state index contributed by atoms with van der Waals surface area (Å²) in [5.41, 5.74) is -0.124.